The Morgan fingerprint density at radius 2 is 0.924 bits per heavy atom. The van der Waals surface area contributed by atoms with E-state index in [9.17, 15) is 14.7 Å². The van der Waals surface area contributed by atoms with E-state index in [-0.39, 0.29) is 37.6 Å². The summed E-state index contributed by atoms with van der Waals surface area (Å²) in [5.41, 5.74) is 4.02. The smallest absolute Gasteiger partial charge is 0.311 e. The molecule has 4 aromatic heterocycles. The fourth-order valence-electron chi connectivity index (χ4n) is 7.24. The molecule has 0 spiro atoms. The number of fused-ring (bicyclic) bond motifs is 2. The van der Waals surface area contributed by atoms with Gasteiger partial charge in [-0.1, -0.05) is 114 Å². The van der Waals surface area contributed by atoms with E-state index in [1.165, 1.54) is 0 Å². The molecule has 0 amide bonds. The Morgan fingerprint density at radius 1 is 0.545 bits per heavy atom. The third-order valence-electron chi connectivity index (χ3n) is 10.7. The van der Waals surface area contributed by atoms with Crippen LogP contribution in [0.5, 0.6) is 0 Å². The average Bonchev–Trinajstić information content (AvgIpc) is 3.82. The maximum absolute atomic E-state index is 12.2. The molecule has 12 nitrogen and oxygen atoms in total. The molecule has 0 aliphatic heterocycles. The molecule has 350 valence electrons. The molecule has 0 atom stereocenters. The van der Waals surface area contributed by atoms with Crippen molar-refractivity contribution in [3.8, 4) is 0 Å². The number of carbonyl (C=O) groups is 2. The van der Waals surface area contributed by atoms with Crippen LogP contribution in [0.2, 0.25) is 10.3 Å². The molecular weight excluding hydrogens is 899 g/mol. The highest BCUT2D eigenvalue weighted by atomic mass is 35.5. The number of aromatic nitrogens is 6. The van der Waals surface area contributed by atoms with Gasteiger partial charge in [0.25, 0.3) is 0 Å². The monoisotopic (exact) mass is 956 g/mol. The zero-order valence-electron chi connectivity index (χ0n) is 38.4. The van der Waals surface area contributed by atoms with Gasteiger partial charge in [0.1, 0.15) is 40.8 Å². The van der Waals surface area contributed by atoms with Crippen molar-refractivity contribution in [1.29, 1.82) is 0 Å². The average molecular weight is 958 g/mol. The lowest BCUT2D eigenvalue weighted by Crippen LogP contribution is -2.33. The Hall–Kier alpha value is -5.37. The van der Waals surface area contributed by atoms with Gasteiger partial charge in [0.15, 0.2) is 11.3 Å². The molecule has 7 aromatic rings. The van der Waals surface area contributed by atoms with Crippen molar-refractivity contribution in [2.45, 2.75) is 99.1 Å². The van der Waals surface area contributed by atoms with Crippen LogP contribution >= 0.6 is 35.6 Å². The van der Waals surface area contributed by atoms with E-state index in [0.29, 0.717) is 53.7 Å². The van der Waals surface area contributed by atoms with Gasteiger partial charge in [0.2, 0.25) is 0 Å². The molecule has 3 aromatic carbocycles. The Balaban J connectivity index is 0.000000289. The van der Waals surface area contributed by atoms with E-state index in [0.717, 1.165) is 59.2 Å². The van der Waals surface area contributed by atoms with Crippen molar-refractivity contribution in [1.82, 2.24) is 29.1 Å². The first-order valence-electron chi connectivity index (χ1n) is 21.9. The Morgan fingerprint density at radius 3 is 1.30 bits per heavy atom. The standard InChI is InChI=1S/C35H36ClN3O3.C16H22ClN3O3.ClH/c1-34(2,3)33(40)41-24-14-13-23-39-29-21-22-30(36)37-32(29)38-31(39)25-42-35(26-15-7-4-8-16-26,27-17-9-5-10-18-27)28-19-11-6-12-20-28;1-16(2,3)15(22)23-9-5-4-8-20-11-6-7-12(17)18-14(11)19-13(20)10-21;/h4-12,15-22H,13-14,23-25H2,1-3H3;6-7,21H,4-5,8-10H2,1-3H3;1H. The summed E-state index contributed by atoms with van der Waals surface area (Å²) < 4.78 is 21.8. The lowest BCUT2D eigenvalue weighted by Gasteiger charge is -2.36. The van der Waals surface area contributed by atoms with Gasteiger partial charge in [-0.2, -0.15) is 0 Å². The SMILES string of the molecule is CC(C)(C)C(=O)OCCCCn1c(CO)nc2nc(Cl)ccc21.CC(C)(C)C(=O)OCCCCn1c(COC(c2ccccc2)(c2ccccc2)c2ccccc2)nc2nc(Cl)ccc21.Cl. The number of unbranched alkanes of at least 4 members (excludes halogenated alkanes) is 2. The largest absolute Gasteiger partial charge is 0.465 e. The summed E-state index contributed by atoms with van der Waals surface area (Å²) >= 11 is 12.1. The first-order valence-corrected chi connectivity index (χ1v) is 22.7. The highest BCUT2D eigenvalue weighted by molar-refractivity contribution is 6.30. The molecule has 0 saturated carbocycles. The molecule has 0 aliphatic carbocycles. The summed E-state index contributed by atoms with van der Waals surface area (Å²) in [7, 11) is 0. The summed E-state index contributed by atoms with van der Waals surface area (Å²) in [6.45, 7) is 13.2. The van der Waals surface area contributed by atoms with Crippen molar-refractivity contribution in [3.05, 3.63) is 154 Å². The summed E-state index contributed by atoms with van der Waals surface area (Å²) in [6.07, 6.45) is 3.07. The first kappa shape index (κ1) is 51.6. The highest BCUT2D eigenvalue weighted by Crippen LogP contribution is 2.41. The van der Waals surface area contributed by atoms with Gasteiger partial charge in [0, 0.05) is 13.1 Å². The third kappa shape index (κ3) is 12.9. The maximum Gasteiger partial charge on any atom is 0.311 e. The van der Waals surface area contributed by atoms with E-state index in [1.54, 1.807) is 12.1 Å². The van der Waals surface area contributed by atoms with E-state index in [4.69, 9.17) is 42.4 Å². The fourth-order valence-corrected chi connectivity index (χ4v) is 7.53. The predicted molar refractivity (Wildman–Crippen MR) is 262 cm³/mol. The summed E-state index contributed by atoms with van der Waals surface area (Å²) in [6, 6.07) is 38.1. The number of esters is 2. The Kier molecular flexibility index (Phi) is 18.3. The maximum atomic E-state index is 12.2. The van der Waals surface area contributed by atoms with E-state index in [2.05, 4.69) is 55.9 Å². The van der Waals surface area contributed by atoms with E-state index >= 15 is 0 Å². The normalized spacial score (nSPS) is 11.8. The van der Waals surface area contributed by atoms with Crippen LogP contribution in [-0.4, -0.2) is 59.3 Å². The second-order valence-electron chi connectivity index (χ2n) is 17.7. The molecule has 1 N–H and O–H groups in total. The molecule has 0 aliphatic rings. The number of nitrogens with zero attached hydrogens (tertiary/aromatic N) is 6. The number of benzene rings is 3. The van der Waals surface area contributed by atoms with Crippen molar-refractivity contribution in [2.75, 3.05) is 13.2 Å². The van der Waals surface area contributed by atoms with Gasteiger partial charge >= 0.3 is 11.9 Å². The number of halogens is 3. The van der Waals surface area contributed by atoms with Crippen LogP contribution in [0.4, 0.5) is 0 Å². The molecule has 15 heteroatoms. The van der Waals surface area contributed by atoms with Gasteiger partial charge in [-0.05, 0) is 108 Å². The van der Waals surface area contributed by atoms with Crippen LogP contribution < -0.4 is 0 Å². The second-order valence-corrected chi connectivity index (χ2v) is 18.5. The minimum atomic E-state index is -0.876. The minimum Gasteiger partial charge on any atom is -0.465 e. The number of aliphatic hydroxyl groups is 1. The molecule has 0 radical (unpaired) electrons. The van der Waals surface area contributed by atoms with Crippen LogP contribution in [0.1, 0.15) is 95.6 Å². The lowest BCUT2D eigenvalue weighted by atomic mass is 9.80. The van der Waals surface area contributed by atoms with Gasteiger partial charge in [-0.3, -0.25) is 9.59 Å². The minimum absolute atomic E-state index is 0. The first-order chi connectivity index (χ1) is 31.1. The van der Waals surface area contributed by atoms with Crippen LogP contribution in [0.25, 0.3) is 22.3 Å². The molecule has 4 heterocycles. The van der Waals surface area contributed by atoms with Crippen molar-refractivity contribution >= 4 is 69.9 Å². The quantitative estimate of drug-likeness (QED) is 0.0405. The summed E-state index contributed by atoms with van der Waals surface area (Å²) in [5.74, 6) is 0.920. The number of hydrogen-bond donors (Lipinski definition) is 1. The molecular formula is C51H59Cl3N6O6. The van der Waals surface area contributed by atoms with Gasteiger partial charge in [0.05, 0.1) is 35.1 Å². The number of carbonyl (C=O) groups excluding carboxylic acids is 2. The third-order valence-corrected chi connectivity index (χ3v) is 11.1. The topological polar surface area (TPSA) is 143 Å². The number of hydrogen-bond acceptors (Lipinski definition) is 10. The molecule has 66 heavy (non-hydrogen) atoms. The Labute approximate surface area is 403 Å². The number of aryl methyl sites for hydroxylation is 2. The van der Waals surface area contributed by atoms with Gasteiger partial charge in [-0.15, -0.1) is 12.4 Å². The number of aliphatic hydroxyl groups excluding tert-OH is 1. The number of pyridine rings is 2. The lowest BCUT2D eigenvalue weighted by molar-refractivity contribution is -0.153. The molecule has 0 saturated heterocycles. The predicted octanol–water partition coefficient (Wildman–Crippen LogP) is 11.3. The van der Waals surface area contributed by atoms with Crippen molar-refractivity contribution in [3.63, 3.8) is 0 Å². The molecule has 0 unspecified atom stereocenters. The Bertz CT molecular complexity index is 2550. The molecule has 0 fully saturated rings. The van der Waals surface area contributed by atoms with Crippen LogP contribution in [0.3, 0.4) is 0 Å². The number of imidazole rings is 2. The highest BCUT2D eigenvalue weighted by Gasteiger charge is 2.38. The van der Waals surface area contributed by atoms with Crippen LogP contribution in [-0.2, 0) is 55.7 Å². The molecule has 7 rings (SSSR count). The number of ether oxygens (including phenoxy) is 3. The van der Waals surface area contributed by atoms with Gasteiger partial charge < -0.3 is 28.5 Å². The fraction of sp³-hybridized carbons (Fsp3) is 0.373. The van der Waals surface area contributed by atoms with E-state index in [1.807, 2.05) is 113 Å². The van der Waals surface area contributed by atoms with Crippen LogP contribution in [0, 0.1) is 10.8 Å². The van der Waals surface area contributed by atoms with Gasteiger partial charge in [-0.25, -0.2) is 19.9 Å². The molecule has 0 bridgehead atoms. The zero-order chi connectivity index (χ0) is 46.6. The van der Waals surface area contributed by atoms with Crippen molar-refractivity contribution in [2.24, 2.45) is 10.8 Å². The summed E-state index contributed by atoms with van der Waals surface area (Å²) in [4.78, 5) is 41.6. The zero-order valence-corrected chi connectivity index (χ0v) is 40.7. The van der Waals surface area contributed by atoms with E-state index < -0.39 is 16.4 Å². The van der Waals surface area contributed by atoms with Crippen molar-refractivity contribution < 1.29 is 28.9 Å². The second kappa shape index (κ2) is 23.4. The summed E-state index contributed by atoms with van der Waals surface area (Å²) in [5, 5.41) is 10.2. The van der Waals surface area contributed by atoms with Crippen LogP contribution in [0.15, 0.2) is 115 Å². The number of rotatable bonds is 17.